The number of carbonyl (C=O) groups excluding carboxylic acids is 1. The Balaban J connectivity index is 1.71. The number of aromatic nitrogens is 2. The van der Waals surface area contributed by atoms with E-state index in [1.807, 2.05) is 24.3 Å². The van der Waals surface area contributed by atoms with E-state index in [9.17, 15) is 4.79 Å². The van der Waals surface area contributed by atoms with Crippen LogP contribution in [-0.2, 0) is 0 Å². The lowest BCUT2D eigenvalue weighted by Gasteiger charge is -2.30. The van der Waals surface area contributed by atoms with Crippen LogP contribution in [0.15, 0.2) is 41.1 Å². The normalized spacial score (nSPS) is 21.5. The van der Waals surface area contributed by atoms with Crippen LogP contribution >= 0.6 is 15.9 Å². The standard InChI is InChI=1S/C16H19BrN4O/c1-11-15(6-3-7-18-11)20-16(22)12-9-19-21(10-12)14-5-2-4-13(17)8-14/h2,4-5,8-11,15,18H,3,6-7H2,1H3,(H,20,22). The molecular formula is C16H19BrN4O. The van der Waals surface area contributed by atoms with Gasteiger partial charge in [-0.05, 0) is 44.5 Å². The van der Waals surface area contributed by atoms with Gasteiger partial charge < -0.3 is 10.6 Å². The van der Waals surface area contributed by atoms with Crippen molar-refractivity contribution in [2.24, 2.45) is 0 Å². The molecule has 2 atom stereocenters. The minimum absolute atomic E-state index is 0.0678. The molecule has 3 rings (SSSR count). The van der Waals surface area contributed by atoms with E-state index in [4.69, 9.17) is 0 Å². The van der Waals surface area contributed by atoms with E-state index in [-0.39, 0.29) is 11.9 Å². The number of halogens is 1. The Kier molecular flexibility index (Phi) is 4.59. The third-order valence-electron chi connectivity index (χ3n) is 4.00. The average Bonchev–Trinajstić information content (AvgIpc) is 2.99. The monoisotopic (exact) mass is 362 g/mol. The predicted octanol–water partition coefficient (Wildman–Crippen LogP) is 2.51. The number of nitrogens with zero attached hydrogens (tertiary/aromatic N) is 2. The second kappa shape index (κ2) is 6.62. The zero-order chi connectivity index (χ0) is 15.5. The van der Waals surface area contributed by atoms with Gasteiger partial charge in [-0.25, -0.2) is 4.68 Å². The SMILES string of the molecule is CC1NCCCC1NC(=O)c1cnn(-c2cccc(Br)c2)c1. The summed E-state index contributed by atoms with van der Waals surface area (Å²) in [5.74, 6) is -0.0678. The Morgan fingerprint density at radius 3 is 3.14 bits per heavy atom. The topological polar surface area (TPSA) is 58.9 Å². The molecule has 1 saturated heterocycles. The van der Waals surface area contributed by atoms with Crippen molar-refractivity contribution in [1.29, 1.82) is 0 Å². The van der Waals surface area contributed by atoms with Crippen LogP contribution < -0.4 is 10.6 Å². The molecule has 0 bridgehead atoms. The molecule has 1 aromatic carbocycles. The molecule has 1 aromatic heterocycles. The number of nitrogens with one attached hydrogen (secondary N) is 2. The minimum Gasteiger partial charge on any atom is -0.348 e. The summed E-state index contributed by atoms with van der Waals surface area (Å²) in [4.78, 5) is 12.4. The molecule has 1 amide bonds. The summed E-state index contributed by atoms with van der Waals surface area (Å²) in [6.45, 7) is 3.13. The van der Waals surface area contributed by atoms with Crippen LogP contribution in [-0.4, -0.2) is 34.3 Å². The van der Waals surface area contributed by atoms with Crippen LogP contribution in [0.4, 0.5) is 0 Å². The molecule has 2 N–H and O–H groups in total. The maximum Gasteiger partial charge on any atom is 0.254 e. The molecule has 0 aliphatic carbocycles. The van der Waals surface area contributed by atoms with E-state index in [1.54, 1.807) is 17.1 Å². The lowest BCUT2D eigenvalue weighted by Crippen LogP contribution is -2.51. The van der Waals surface area contributed by atoms with Gasteiger partial charge in [0.05, 0.1) is 17.4 Å². The van der Waals surface area contributed by atoms with Crippen molar-refractivity contribution >= 4 is 21.8 Å². The fourth-order valence-electron chi connectivity index (χ4n) is 2.69. The number of rotatable bonds is 3. The Labute approximate surface area is 138 Å². The number of hydrogen-bond donors (Lipinski definition) is 2. The van der Waals surface area contributed by atoms with Gasteiger partial charge in [-0.15, -0.1) is 0 Å². The summed E-state index contributed by atoms with van der Waals surface area (Å²) in [7, 11) is 0. The summed E-state index contributed by atoms with van der Waals surface area (Å²) in [6.07, 6.45) is 5.47. The van der Waals surface area contributed by atoms with Crippen LogP contribution in [0, 0.1) is 0 Å². The molecule has 5 nitrogen and oxygen atoms in total. The Morgan fingerprint density at radius 1 is 1.50 bits per heavy atom. The lowest BCUT2D eigenvalue weighted by molar-refractivity contribution is 0.0920. The Morgan fingerprint density at radius 2 is 2.36 bits per heavy atom. The summed E-state index contributed by atoms with van der Waals surface area (Å²) < 4.78 is 2.69. The zero-order valence-corrected chi connectivity index (χ0v) is 14.0. The van der Waals surface area contributed by atoms with E-state index < -0.39 is 0 Å². The second-order valence-electron chi connectivity index (χ2n) is 5.62. The number of hydrogen-bond acceptors (Lipinski definition) is 3. The van der Waals surface area contributed by atoms with Gasteiger partial charge in [-0.2, -0.15) is 5.10 Å². The fraction of sp³-hybridized carbons (Fsp3) is 0.375. The highest BCUT2D eigenvalue weighted by Gasteiger charge is 2.23. The van der Waals surface area contributed by atoms with E-state index in [0.29, 0.717) is 11.6 Å². The molecule has 22 heavy (non-hydrogen) atoms. The number of amides is 1. The first-order valence-corrected chi connectivity index (χ1v) is 8.27. The van der Waals surface area contributed by atoms with Crippen molar-refractivity contribution in [2.45, 2.75) is 31.8 Å². The molecule has 1 aliphatic heterocycles. The smallest absolute Gasteiger partial charge is 0.254 e. The van der Waals surface area contributed by atoms with Gasteiger partial charge in [0.15, 0.2) is 0 Å². The molecular weight excluding hydrogens is 344 g/mol. The number of carbonyl (C=O) groups is 1. The minimum atomic E-state index is -0.0678. The van der Waals surface area contributed by atoms with Gasteiger partial charge in [-0.1, -0.05) is 22.0 Å². The van der Waals surface area contributed by atoms with Crippen molar-refractivity contribution in [3.63, 3.8) is 0 Å². The first-order chi connectivity index (χ1) is 10.6. The highest BCUT2D eigenvalue weighted by Crippen LogP contribution is 2.16. The van der Waals surface area contributed by atoms with Crippen molar-refractivity contribution < 1.29 is 4.79 Å². The van der Waals surface area contributed by atoms with Gasteiger partial charge in [-0.3, -0.25) is 4.79 Å². The molecule has 1 fully saturated rings. The quantitative estimate of drug-likeness (QED) is 0.881. The highest BCUT2D eigenvalue weighted by atomic mass is 79.9. The van der Waals surface area contributed by atoms with Crippen molar-refractivity contribution in [2.75, 3.05) is 6.54 Å². The molecule has 2 aromatic rings. The molecule has 0 saturated carbocycles. The van der Waals surface area contributed by atoms with Crippen LogP contribution in [0.25, 0.3) is 5.69 Å². The van der Waals surface area contributed by atoms with Gasteiger partial charge >= 0.3 is 0 Å². The largest absolute Gasteiger partial charge is 0.348 e. The van der Waals surface area contributed by atoms with E-state index in [2.05, 4.69) is 38.6 Å². The molecule has 116 valence electrons. The third kappa shape index (κ3) is 3.39. The fourth-order valence-corrected chi connectivity index (χ4v) is 3.08. The van der Waals surface area contributed by atoms with E-state index in [1.165, 1.54) is 0 Å². The van der Waals surface area contributed by atoms with Crippen LogP contribution in [0.2, 0.25) is 0 Å². The first kappa shape index (κ1) is 15.2. The Bertz CT molecular complexity index is 670. The molecule has 0 radical (unpaired) electrons. The van der Waals surface area contributed by atoms with Crippen molar-refractivity contribution in [3.8, 4) is 5.69 Å². The predicted molar refractivity (Wildman–Crippen MR) is 89.2 cm³/mol. The average molecular weight is 363 g/mol. The van der Waals surface area contributed by atoms with Crippen LogP contribution in [0.5, 0.6) is 0 Å². The maximum atomic E-state index is 12.4. The van der Waals surface area contributed by atoms with E-state index in [0.717, 1.165) is 29.5 Å². The lowest BCUT2D eigenvalue weighted by atomic mass is 10.00. The van der Waals surface area contributed by atoms with Crippen molar-refractivity contribution in [1.82, 2.24) is 20.4 Å². The molecule has 2 unspecified atom stereocenters. The molecule has 2 heterocycles. The first-order valence-electron chi connectivity index (χ1n) is 7.48. The summed E-state index contributed by atoms with van der Waals surface area (Å²) in [5, 5.41) is 10.8. The maximum absolute atomic E-state index is 12.4. The zero-order valence-electron chi connectivity index (χ0n) is 12.4. The third-order valence-corrected chi connectivity index (χ3v) is 4.49. The van der Waals surface area contributed by atoms with Crippen molar-refractivity contribution in [3.05, 3.63) is 46.7 Å². The highest BCUT2D eigenvalue weighted by molar-refractivity contribution is 9.10. The van der Waals surface area contributed by atoms with Gasteiger partial charge in [0.2, 0.25) is 0 Å². The summed E-state index contributed by atoms with van der Waals surface area (Å²) in [6, 6.07) is 8.29. The Hall–Kier alpha value is -1.66. The van der Waals surface area contributed by atoms with Gasteiger partial charge in [0.25, 0.3) is 5.91 Å². The van der Waals surface area contributed by atoms with Crippen LogP contribution in [0.3, 0.4) is 0 Å². The molecule has 1 aliphatic rings. The number of piperidine rings is 1. The second-order valence-corrected chi connectivity index (χ2v) is 6.53. The van der Waals surface area contributed by atoms with Gasteiger partial charge in [0, 0.05) is 22.8 Å². The van der Waals surface area contributed by atoms with E-state index >= 15 is 0 Å². The van der Waals surface area contributed by atoms with Gasteiger partial charge in [0.1, 0.15) is 0 Å². The van der Waals surface area contributed by atoms with Crippen LogP contribution in [0.1, 0.15) is 30.1 Å². The molecule has 0 spiro atoms. The summed E-state index contributed by atoms with van der Waals surface area (Å²) in [5.41, 5.74) is 1.50. The summed E-state index contributed by atoms with van der Waals surface area (Å²) >= 11 is 3.44. The number of benzene rings is 1. The molecule has 6 heteroatoms.